The third kappa shape index (κ3) is 8.13. The minimum atomic E-state index is -0.245. The van der Waals surface area contributed by atoms with Crippen molar-refractivity contribution in [2.45, 2.75) is 91.9 Å². The molecule has 0 unspecified atom stereocenters. The summed E-state index contributed by atoms with van der Waals surface area (Å²) in [7, 11) is 1.85. The quantitative estimate of drug-likeness (QED) is 0.0304. The van der Waals surface area contributed by atoms with Crippen LogP contribution in [0.5, 0.6) is 0 Å². The Kier molecular flexibility index (Phi) is 13.5. The first-order valence-electron chi connectivity index (χ1n) is 21.0. The highest BCUT2D eigenvalue weighted by atomic mass is 16.2. The van der Waals surface area contributed by atoms with Crippen LogP contribution in [0.25, 0.3) is 43.1 Å². The van der Waals surface area contributed by atoms with E-state index >= 15 is 0 Å². The van der Waals surface area contributed by atoms with Gasteiger partial charge in [-0.15, -0.1) is 0 Å². The molecule has 0 aromatic heterocycles. The Bertz CT molecular complexity index is 2070. The number of aldehydes is 1. The van der Waals surface area contributed by atoms with Gasteiger partial charge in [0.15, 0.2) is 6.29 Å². The minimum absolute atomic E-state index is 0.105. The summed E-state index contributed by atoms with van der Waals surface area (Å²) in [5.74, 6) is -0.596. The fourth-order valence-corrected chi connectivity index (χ4v) is 8.62. The molecule has 3 amide bonds. The maximum absolute atomic E-state index is 14.2. The van der Waals surface area contributed by atoms with Gasteiger partial charge in [-0.3, -0.25) is 24.1 Å². The van der Waals surface area contributed by atoms with E-state index in [-0.39, 0.29) is 17.7 Å². The average Bonchev–Trinajstić information content (AvgIpc) is 3.21. The second-order valence-electron chi connectivity index (χ2n) is 15.6. The number of benzene rings is 5. The Hall–Kier alpha value is -4.40. The Morgan fingerprint density at radius 3 is 1.47 bits per heavy atom. The van der Waals surface area contributed by atoms with Crippen LogP contribution in [-0.2, 0) is 0 Å². The first kappa shape index (κ1) is 40.3. The molecule has 0 fully saturated rings. The van der Waals surface area contributed by atoms with Crippen LogP contribution in [0.3, 0.4) is 0 Å². The van der Waals surface area contributed by atoms with Crippen LogP contribution in [0.1, 0.15) is 133 Å². The molecule has 0 N–H and O–H groups in total. The van der Waals surface area contributed by atoms with E-state index in [1.54, 1.807) is 11.0 Å². The SMILES string of the molecule is CCCCN(CCCC)CCCN(C)C(=O)c1ccc2c3ccc4c5c(ccc(c6ccc(C=O)c1c62)c53)C(=O)N(CCCN(CCCC)CCCC)C4=O. The van der Waals surface area contributed by atoms with Crippen LogP contribution < -0.4 is 0 Å². The molecule has 0 spiro atoms. The van der Waals surface area contributed by atoms with Crippen molar-refractivity contribution >= 4 is 67.1 Å². The fraction of sp³-hybridized carbons (Fsp3) is 0.489. The van der Waals surface area contributed by atoms with Gasteiger partial charge in [0.25, 0.3) is 17.7 Å². The van der Waals surface area contributed by atoms with Crippen LogP contribution in [-0.4, -0.2) is 103 Å². The summed E-state index contributed by atoms with van der Waals surface area (Å²) < 4.78 is 0. The van der Waals surface area contributed by atoms with Crippen molar-refractivity contribution in [2.24, 2.45) is 0 Å². The normalized spacial score (nSPS) is 13.2. The number of rotatable bonds is 22. The lowest BCUT2D eigenvalue weighted by Crippen LogP contribution is -2.42. The van der Waals surface area contributed by atoms with E-state index in [9.17, 15) is 19.2 Å². The molecule has 0 radical (unpaired) electrons. The molecule has 1 aliphatic rings. The molecule has 5 aromatic rings. The molecule has 0 bridgehead atoms. The smallest absolute Gasteiger partial charge is 0.261 e. The molecular formula is C47H60N4O4. The van der Waals surface area contributed by atoms with E-state index in [1.807, 2.05) is 49.5 Å². The lowest BCUT2D eigenvalue weighted by Gasteiger charge is -2.29. The second kappa shape index (κ2) is 18.5. The molecule has 0 atom stereocenters. The summed E-state index contributed by atoms with van der Waals surface area (Å²) in [6, 6.07) is 15.3. The van der Waals surface area contributed by atoms with E-state index in [0.717, 1.165) is 116 Å². The fourth-order valence-electron chi connectivity index (χ4n) is 8.62. The van der Waals surface area contributed by atoms with Gasteiger partial charge in [-0.05, 0) is 128 Å². The summed E-state index contributed by atoms with van der Waals surface area (Å²) in [4.78, 5) is 63.1. The number of carbonyl (C=O) groups is 4. The zero-order chi connectivity index (χ0) is 39.1. The topological polar surface area (TPSA) is 81.2 Å². The zero-order valence-corrected chi connectivity index (χ0v) is 33.8. The lowest BCUT2D eigenvalue weighted by atomic mass is 9.83. The predicted molar refractivity (Wildman–Crippen MR) is 227 cm³/mol. The number of nitrogens with zero attached hydrogens (tertiary/aromatic N) is 4. The van der Waals surface area contributed by atoms with Crippen molar-refractivity contribution in [1.82, 2.24) is 19.6 Å². The van der Waals surface area contributed by atoms with E-state index in [1.165, 1.54) is 30.6 Å². The van der Waals surface area contributed by atoms with Gasteiger partial charge in [-0.2, -0.15) is 0 Å². The van der Waals surface area contributed by atoms with Gasteiger partial charge >= 0.3 is 0 Å². The van der Waals surface area contributed by atoms with Crippen molar-refractivity contribution in [2.75, 3.05) is 59.4 Å². The largest absolute Gasteiger partial charge is 0.342 e. The molecule has 0 saturated heterocycles. The van der Waals surface area contributed by atoms with Gasteiger partial charge in [0, 0.05) is 53.2 Å². The maximum Gasteiger partial charge on any atom is 0.261 e. The third-order valence-electron chi connectivity index (χ3n) is 11.7. The first-order chi connectivity index (χ1) is 26.8. The van der Waals surface area contributed by atoms with Gasteiger partial charge < -0.3 is 14.7 Å². The number of carbonyl (C=O) groups excluding carboxylic acids is 4. The molecule has 6 rings (SSSR count). The standard InChI is InChI=1S/C47H60N4O4/c1-6-10-25-49(26-11-7-2)29-14-24-48(5)45(53)38-21-18-35-37-20-23-40-44-39(22-19-36(43(37)44)34-17-16-33(32-52)41(38)42(34)35)46(54)51(47(40)55)31-15-30-50(27-12-8-3)28-13-9-4/h16-23,32H,6-15,24-31H2,1-5H3. The van der Waals surface area contributed by atoms with Gasteiger partial charge in [0.05, 0.1) is 0 Å². The zero-order valence-electron chi connectivity index (χ0n) is 33.8. The number of hydrogen-bond acceptors (Lipinski definition) is 6. The maximum atomic E-state index is 14.2. The number of unbranched alkanes of at least 4 members (excludes halogenated alkanes) is 4. The summed E-state index contributed by atoms with van der Waals surface area (Å²) in [6.45, 7) is 15.9. The molecule has 0 saturated carbocycles. The molecule has 292 valence electrons. The molecule has 8 heteroatoms. The van der Waals surface area contributed by atoms with Gasteiger partial charge in [-0.1, -0.05) is 83.7 Å². The van der Waals surface area contributed by atoms with Crippen molar-refractivity contribution in [3.8, 4) is 0 Å². The summed E-state index contributed by atoms with van der Waals surface area (Å²) in [5.41, 5.74) is 2.08. The molecule has 5 aromatic carbocycles. The van der Waals surface area contributed by atoms with E-state index < -0.39 is 0 Å². The van der Waals surface area contributed by atoms with Gasteiger partial charge in [0.1, 0.15) is 0 Å². The average molecular weight is 745 g/mol. The molecule has 1 heterocycles. The lowest BCUT2D eigenvalue weighted by molar-refractivity contribution is 0.0602. The second-order valence-corrected chi connectivity index (χ2v) is 15.6. The number of imide groups is 1. The highest BCUT2D eigenvalue weighted by molar-refractivity contribution is 6.39. The van der Waals surface area contributed by atoms with Crippen LogP contribution in [0.15, 0.2) is 48.5 Å². The van der Waals surface area contributed by atoms with Crippen molar-refractivity contribution in [3.05, 3.63) is 70.8 Å². The van der Waals surface area contributed by atoms with Crippen LogP contribution in [0.2, 0.25) is 0 Å². The summed E-state index contributed by atoms with van der Waals surface area (Å²) in [5, 5.41) is 6.68. The molecule has 1 aliphatic heterocycles. The van der Waals surface area contributed by atoms with Crippen LogP contribution in [0, 0.1) is 0 Å². The Balaban J connectivity index is 1.32. The molecular weight excluding hydrogens is 685 g/mol. The van der Waals surface area contributed by atoms with E-state index in [0.29, 0.717) is 46.1 Å². The van der Waals surface area contributed by atoms with E-state index in [4.69, 9.17) is 0 Å². The van der Waals surface area contributed by atoms with Crippen molar-refractivity contribution in [1.29, 1.82) is 0 Å². The highest BCUT2D eigenvalue weighted by Crippen LogP contribution is 2.45. The number of fused-ring (bicyclic) bond motifs is 2. The first-order valence-corrected chi connectivity index (χ1v) is 21.0. The summed E-state index contributed by atoms with van der Waals surface area (Å²) in [6.07, 6.45) is 11.7. The predicted octanol–water partition coefficient (Wildman–Crippen LogP) is 9.80. The van der Waals surface area contributed by atoms with E-state index in [2.05, 4.69) is 37.5 Å². The summed E-state index contributed by atoms with van der Waals surface area (Å²) >= 11 is 0. The van der Waals surface area contributed by atoms with Gasteiger partial charge in [-0.25, -0.2) is 0 Å². The Labute approximate surface area is 327 Å². The number of amides is 3. The molecule has 8 nitrogen and oxygen atoms in total. The Morgan fingerprint density at radius 1 is 0.545 bits per heavy atom. The van der Waals surface area contributed by atoms with Gasteiger partial charge in [0.2, 0.25) is 0 Å². The molecule has 0 aliphatic carbocycles. The van der Waals surface area contributed by atoms with Crippen LogP contribution >= 0.6 is 0 Å². The number of hydrogen-bond donors (Lipinski definition) is 0. The third-order valence-corrected chi connectivity index (χ3v) is 11.7. The van der Waals surface area contributed by atoms with Crippen LogP contribution in [0.4, 0.5) is 0 Å². The highest BCUT2D eigenvalue weighted by Gasteiger charge is 2.34. The minimum Gasteiger partial charge on any atom is -0.342 e. The van der Waals surface area contributed by atoms with Crippen molar-refractivity contribution in [3.63, 3.8) is 0 Å². The monoisotopic (exact) mass is 744 g/mol. The Morgan fingerprint density at radius 2 is 0.982 bits per heavy atom. The molecule has 55 heavy (non-hydrogen) atoms. The van der Waals surface area contributed by atoms with Crippen molar-refractivity contribution < 1.29 is 19.2 Å².